The molecule has 0 unspecified atom stereocenters. The smallest absolute Gasteiger partial charge is 0.222 e. The molecule has 0 radical (unpaired) electrons. The van der Waals surface area contributed by atoms with E-state index >= 15 is 0 Å². The van der Waals surface area contributed by atoms with E-state index < -0.39 is 0 Å². The van der Waals surface area contributed by atoms with Gasteiger partial charge in [-0.1, -0.05) is 6.07 Å². The highest BCUT2D eigenvalue weighted by Gasteiger charge is 2.12. The van der Waals surface area contributed by atoms with Gasteiger partial charge in [0.25, 0.3) is 0 Å². The van der Waals surface area contributed by atoms with Crippen LogP contribution in [0.15, 0.2) is 24.5 Å². The molecule has 0 atom stereocenters. The van der Waals surface area contributed by atoms with Crippen LogP contribution >= 0.6 is 0 Å². The summed E-state index contributed by atoms with van der Waals surface area (Å²) in [6.07, 6.45) is 4.75. The third-order valence-corrected chi connectivity index (χ3v) is 3.30. The first kappa shape index (κ1) is 15.1. The highest BCUT2D eigenvalue weighted by molar-refractivity contribution is 5.76. The number of pyridine rings is 1. The molecule has 2 heterocycles. The molecule has 21 heavy (non-hydrogen) atoms. The van der Waals surface area contributed by atoms with Crippen LogP contribution < -0.4 is 0 Å². The maximum absolute atomic E-state index is 12.2. The van der Waals surface area contributed by atoms with Crippen LogP contribution in [-0.2, 0) is 17.9 Å². The van der Waals surface area contributed by atoms with E-state index in [0.29, 0.717) is 26.1 Å². The fraction of sp³-hybridized carbons (Fsp3) is 0.500. The van der Waals surface area contributed by atoms with Crippen molar-refractivity contribution in [3.8, 4) is 0 Å². The van der Waals surface area contributed by atoms with Gasteiger partial charge in [-0.25, -0.2) is 4.68 Å². The number of aryl methyl sites for hydroxylation is 2. The average Bonchev–Trinajstić information content (AvgIpc) is 2.91. The molecule has 1 amide bonds. The van der Waals surface area contributed by atoms with Gasteiger partial charge in [-0.05, 0) is 42.3 Å². The van der Waals surface area contributed by atoms with Crippen molar-refractivity contribution < 1.29 is 4.79 Å². The summed E-state index contributed by atoms with van der Waals surface area (Å²) in [4.78, 5) is 18.1. The second-order valence-electron chi connectivity index (χ2n) is 4.82. The number of hydrogen-bond donors (Lipinski definition) is 0. The largest absolute Gasteiger partial charge is 0.339 e. The number of nitrogens with zero attached hydrogens (tertiary/aromatic N) is 6. The number of hydrogen-bond acceptors (Lipinski definition) is 5. The van der Waals surface area contributed by atoms with Crippen LogP contribution in [-0.4, -0.2) is 42.5 Å². The molecule has 0 saturated carbocycles. The van der Waals surface area contributed by atoms with Gasteiger partial charge in [0.2, 0.25) is 5.91 Å². The van der Waals surface area contributed by atoms with Crippen molar-refractivity contribution in [2.45, 2.75) is 39.8 Å². The second-order valence-corrected chi connectivity index (χ2v) is 4.82. The molecule has 0 aliphatic carbocycles. The summed E-state index contributed by atoms with van der Waals surface area (Å²) in [6.45, 7) is 5.79. The van der Waals surface area contributed by atoms with Gasteiger partial charge in [0.1, 0.15) is 5.82 Å². The van der Waals surface area contributed by atoms with Gasteiger partial charge >= 0.3 is 0 Å². The van der Waals surface area contributed by atoms with Crippen LogP contribution in [0.3, 0.4) is 0 Å². The SMILES string of the molecule is CCN(Cc1cccnc1)C(=O)CCCn1nnnc1C. The van der Waals surface area contributed by atoms with E-state index in [-0.39, 0.29) is 5.91 Å². The van der Waals surface area contributed by atoms with Crippen LogP contribution in [0.25, 0.3) is 0 Å². The van der Waals surface area contributed by atoms with Crippen molar-refractivity contribution in [3.63, 3.8) is 0 Å². The molecule has 0 aromatic carbocycles. The number of rotatable bonds is 7. The van der Waals surface area contributed by atoms with E-state index in [1.165, 1.54) is 0 Å². The maximum Gasteiger partial charge on any atom is 0.222 e. The van der Waals surface area contributed by atoms with Gasteiger partial charge in [-0.15, -0.1) is 5.10 Å². The second kappa shape index (κ2) is 7.47. The zero-order valence-electron chi connectivity index (χ0n) is 12.4. The van der Waals surface area contributed by atoms with E-state index in [0.717, 1.165) is 17.8 Å². The van der Waals surface area contributed by atoms with Crippen molar-refractivity contribution in [2.24, 2.45) is 0 Å². The van der Waals surface area contributed by atoms with Crippen LogP contribution in [0.2, 0.25) is 0 Å². The topological polar surface area (TPSA) is 76.8 Å². The van der Waals surface area contributed by atoms with Gasteiger partial charge in [-0.3, -0.25) is 9.78 Å². The zero-order valence-corrected chi connectivity index (χ0v) is 12.4. The van der Waals surface area contributed by atoms with Gasteiger partial charge < -0.3 is 4.90 Å². The normalized spacial score (nSPS) is 10.6. The average molecular weight is 288 g/mol. The Kier molecular flexibility index (Phi) is 5.36. The molecule has 7 nitrogen and oxygen atoms in total. The zero-order chi connectivity index (χ0) is 15.1. The van der Waals surface area contributed by atoms with Crippen LogP contribution in [0, 0.1) is 6.92 Å². The van der Waals surface area contributed by atoms with Gasteiger partial charge in [0.15, 0.2) is 0 Å². The highest BCUT2D eigenvalue weighted by Crippen LogP contribution is 2.06. The molecule has 112 valence electrons. The molecule has 0 bridgehead atoms. The number of carbonyl (C=O) groups excluding carboxylic acids is 1. The summed E-state index contributed by atoms with van der Waals surface area (Å²) >= 11 is 0. The summed E-state index contributed by atoms with van der Waals surface area (Å²) in [5, 5.41) is 11.3. The first-order valence-corrected chi connectivity index (χ1v) is 7.10. The third-order valence-electron chi connectivity index (χ3n) is 3.30. The van der Waals surface area contributed by atoms with Crippen molar-refractivity contribution >= 4 is 5.91 Å². The molecule has 2 rings (SSSR count). The van der Waals surface area contributed by atoms with Crippen LogP contribution in [0.4, 0.5) is 0 Å². The molecule has 0 aliphatic rings. The predicted molar refractivity (Wildman–Crippen MR) is 77.1 cm³/mol. The van der Waals surface area contributed by atoms with E-state index in [1.54, 1.807) is 17.1 Å². The first-order chi connectivity index (χ1) is 10.2. The minimum absolute atomic E-state index is 0.145. The van der Waals surface area contributed by atoms with Crippen molar-refractivity contribution in [1.29, 1.82) is 0 Å². The number of amides is 1. The molecule has 0 saturated heterocycles. The van der Waals surface area contributed by atoms with Crippen molar-refractivity contribution in [3.05, 3.63) is 35.9 Å². The molecule has 0 aliphatic heterocycles. The number of tetrazole rings is 1. The lowest BCUT2D eigenvalue weighted by molar-refractivity contribution is -0.131. The monoisotopic (exact) mass is 288 g/mol. The molecule has 0 N–H and O–H groups in total. The van der Waals surface area contributed by atoms with E-state index in [1.807, 2.05) is 30.9 Å². The van der Waals surface area contributed by atoms with Crippen molar-refractivity contribution in [2.75, 3.05) is 6.54 Å². The predicted octanol–water partition coefficient (Wildman–Crippen LogP) is 1.21. The summed E-state index contributed by atoms with van der Waals surface area (Å²) in [7, 11) is 0. The Hall–Kier alpha value is -2.31. The van der Waals surface area contributed by atoms with Gasteiger partial charge in [0, 0.05) is 38.4 Å². The lowest BCUT2D eigenvalue weighted by atomic mass is 10.2. The molecule has 0 spiro atoms. The van der Waals surface area contributed by atoms with Crippen LogP contribution in [0.5, 0.6) is 0 Å². The minimum Gasteiger partial charge on any atom is -0.339 e. The Morgan fingerprint density at radius 3 is 2.90 bits per heavy atom. The molecule has 2 aromatic rings. The summed E-state index contributed by atoms with van der Waals surface area (Å²) < 4.78 is 1.71. The highest BCUT2D eigenvalue weighted by atomic mass is 16.2. The quantitative estimate of drug-likeness (QED) is 0.765. The summed E-state index contributed by atoms with van der Waals surface area (Å²) in [6, 6.07) is 3.86. The molecule has 7 heteroatoms. The van der Waals surface area contributed by atoms with E-state index in [2.05, 4.69) is 20.5 Å². The fourth-order valence-electron chi connectivity index (χ4n) is 2.08. The lowest BCUT2D eigenvalue weighted by Crippen LogP contribution is -2.30. The fourth-order valence-corrected chi connectivity index (χ4v) is 2.08. The first-order valence-electron chi connectivity index (χ1n) is 7.10. The van der Waals surface area contributed by atoms with Gasteiger partial charge in [-0.2, -0.15) is 0 Å². The Bertz CT molecular complexity index is 568. The molecule has 0 fully saturated rings. The lowest BCUT2D eigenvalue weighted by Gasteiger charge is -2.20. The summed E-state index contributed by atoms with van der Waals surface area (Å²) in [5.74, 6) is 0.914. The molecular formula is C14H20N6O. The minimum atomic E-state index is 0.145. The number of carbonyl (C=O) groups is 1. The third kappa shape index (κ3) is 4.34. The molecular weight excluding hydrogens is 268 g/mol. The van der Waals surface area contributed by atoms with E-state index in [4.69, 9.17) is 0 Å². The molecule has 2 aromatic heterocycles. The van der Waals surface area contributed by atoms with Crippen molar-refractivity contribution in [1.82, 2.24) is 30.1 Å². The summed E-state index contributed by atoms with van der Waals surface area (Å²) in [5.41, 5.74) is 1.05. The Morgan fingerprint density at radius 1 is 1.43 bits per heavy atom. The Morgan fingerprint density at radius 2 is 2.29 bits per heavy atom. The Labute approximate surface area is 124 Å². The van der Waals surface area contributed by atoms with Crippen LogP contribution in [0.1, 0.15) is 31.2 Å². The van der Waals surface area contributed by atoms with Gasteiger partial charge in [0.05, 0.1) is 0 Å². The number of aromatic nitrogens is 5. The standard InChI is InChI=1S/C14H20N6O/c1-3-19(11-13-6-4-8-15-10-13)14(21)7-5-9-20-12(2)16-17-18-20/h4,6,8,10H,3,5,7,9,11H2,1-2H3. The maximum atomic E-state index is 12.2. The Balaban J connectivity index is 1.81. The van der Waals surface area contributed by atoms with E-state index in [9.17, 15) is 4.79 Å².